The Morgan fingerprint density at radius 1 is 1.70 bits per heavy atom. The van der Waals surface area contributed by atoms with Gasteiger partial charge in [-0.25, -0.2) is 0 Å². The average molecular weight is 141 g/mol. The van der Waals surface area contributed by atoms with Crippen molar-refractivity contribution < 1.29 is 4.79 Å². The monoisotopic (exact) mass is 141 g/mol. The van der Waals surface area contributed by atoms with Crippen LogP contribution in [0.4, 0.5) is 0 Å². The summed E-state index contributed by atoms with van der Waals surface area (Å²) in [6.45, 7) is 5.61. The van der Waals surface area contributed by atoms with E-state index in [9.17, 15) is 4.79 Å². The third-order valence-corrected chi connectivity index (χ3v) is 2.07. The van der Waals surface area contributed by atoms with Crippen LogP contribution in [0.2, 0.25) is 0 Å². The highest BCUT2D eigenvalue weighted by Gasteiger charge is 2.16. The Morgan fingerprint density at radius 3 is 3.00 bits per heavy atom. The highest BCUT2D eigenvalue weighted by molar-refractivity contribution is 5.49. The number of carbonyl (C=O) groups excluding carboxylic acids is 1. The lowest BCUT2D eigenvalue weighted by atomic mass is 10.2. The fraction of sp³-hybridized carbons (Fsp3) is 0.875. The van der Waals surface area contributed by atoms with Gasteiger partial charge in [0.05, 0.1) is 0 Å². The summed E-state index contributed by atoms with van der Waals surface area (Å²) in [7, 11) is 0. The summed E-state index contributed by atoms with van der Waals surface area (Å²) < 4.78 is 0. The topological polar surface area (TPSA) is 20.3 Å². The number of hydrogen-bond donors (Lipinski definition) is 0. The van der Waals surface area contributed by atoms with Crippen molar-refractivity contribution >= 4 is 6.29 Å². The molecule has 2 heteroatoms. The first kappa shape index (κ1) is 7.73. The van der Waals surface area contributed by atoms with Crippen LogP contribution >= 0.6 is 0 Å². The summed E-state index contributed by atoms with van der Waals surface area (Å²) in [6.07, 6.45) is 3.01. The van der Waals surface area contributed by atoms with Crippen molar-refractivity contribution in [3.8, 4) is 0 Å². The Morgan fingerprint density at radius 2 is 2.50 bits per heavy atom. The number of carbonyl (C=O) groups is 1. The van der Waals surface area contributed by atoms with Gasteiger partial charge in [-0.3, -0.25) is 0 Å². The fourth-order valence-corrected chi connectivity index (χ4v) is 1.46. The lowest BCUT2D eigenvalue weighted by Crippen LogP contribution is -2.21. The summed E-state index contributed by atoms with van der Waals surface area (Å²) in [4.78, 5) is 12.4. The smallest absolute Gasteiger partial charge is 0.121 e. The van der Waals surface area contributed by atoms with Crippen LogP contribution in [0, 0.1) is 5.92 Å². The van der Waals surface area contributed by atoms with Crippen LogP contribution < -0.4 is 0 Å². The van der Waals surface area contributed by atoms with Crippen molar-refractivity contribution in [1.82, 2.24) is 4.90 Å². The Bertz CT molecular complexity index is 114. The van der Waals surface area contributed by atoms with Gasteiger partial charge >= 0.3 is 0 Å². The molecule has 0 aliphatic carbocycles. The fourth-order valence-electron chi connectivity index (χ4n) is 1.46. The minimum Gasteiger partial charge on any atom is -0.303 e. The standard InChI is InChI=1S/C8H15NO/c1-8-3-5-9(7-8)4-2-6-10/h6,8H,2-5,7H2,1H3/t8-/m0/s1. The molecule has 0 amide bonds. The van der Waals surface area contributed by atoms with Crippen LogP contribution in [0.5, 0.6) is 0 Å². The Balaban J connectivity index is 2.12. The molecule has 0 bridgehead atoms. The molecule has 1 aliphatic rings. The Hall–Kier alpha value is -0.370. The van der Waals surface area contributed by atoms with Crippen LogP contribution in [0.15, 0.2) is 0 Å². The first-order valence-corrected chi connectivity index (χ1v) is 3.99. The highest BCUT2D eigenvalue weighted by atomic mass is 16.1. The van der Waals surface area contributed by atoms with E-state index in [4.69, 9.17) is 0 Å². The zero-order chi connectivity index (χ0) is 7.40. The zero-order valence-corrected chi connectivity index (χ0v) is 6.55. The second-order valence-electron chi connectivity index (χ2n) is 3.15. The van der Waals surface area contributed by atoms with Gasteiger partial charge in [0.25, 0.3) is 0 Å². The summed E-state index contributed by atoms with van der Waals surface area (Å²) >= 11 is 0. The third kappa shape index (κ3) is 2.10. The molecule has 0 saturated carbocycles. The molecule has 1 saturated heterocycles. The molecule has 1 heterocycles. The Kier molecular flexibility index (Phi) is 2.87. The first-order chi connectivity index (χ1) is 4.83. The van der Waals surface area contributed by atoms with Gasteiger partial charge in [-0.05, 0) is 18.9 Å². The molecule has 0 unspecified atom stereocenters. The van der Waals surface area contributed by atoms with E-state index in [1.165, 1.54) is 19.5 Å². The van der Waals surface area contributed by atoms with Gasteiger partial charge in [0.1, 0.15) is 6.29 Å². The van der Waals surface area contributed by atoms with Gasteiger partial charge in [-0.15, -0.1) is 0 Å². The van der Waals surface area contributed by atoms with E-state index in [0.717, 1.165) is 18.7 Å². The summed E-state index contributed by atoms with van der Waals surface area (Å²) in [5.41, 5.74) is 0. The van der Waals surface area contributed by atoms with Gasteiger partial charge < -0.3 is 9.69 Å². The zero-order valence-electron chi connectivity index (χ0n) is 6.55. The Labute approximate surface area is 62.2 Å². The second kappa shape index (κ2) is 3.71. The van der Waals surface area contributed by atoms with E-state index in [2.05, 4.69) is 11.8 Å². The maximum Gasteiger partial charge on any atom is 0.121 e. The molecule has 58 valence electrons. The largest absolute Gasteiger partial charge is 0.303 e. The van der Waals surface area contributed by atoms with Crippen molar-refractivity contribution in [2.24, 2.45) is 5.92 Å². The lowest BCUT2D eigenvalue weighted by Gasteiger charge is -2.11. The molecule has 0 radical (unpaired) electrons. The minimum absolute atomic E-state index is 0.701. The molecule has 1 rings (SSSR count). The first-order valence-electron chi connectivity index (χ1n) is 3.99. The van der Waals surface area contributed by atoms with E-state index in [1.54, 1.807) is 0 Å². The molecule has 0 aromatic carbocycles. The number of aldehydes is 1. The van der Waals surface area contributed by atoms with Crippen molar-refractivity contribution in [2.75, 3.05) is 19.6 Å². The number of likely N-dealkylation sites (tertiary alicyclic amines) is 1. The molecule has 2 nitrogen and oxygen atoms in total. The van der Waals surface area contributed by atoms with Crippen LogP contribution in [0.3, 0.4) is 0 Å². The molecule has 10 heavy (non-hydrogen) atoms. The van der Waals surface area contributed by atoms with Crippen molar-refractivity contribution in [3.05, 3.63) is 0 Å². The van der Waals surface area contributed by atoms with E-state index in [0.29, 0.717) is 6.42 Å². The molecule has 0 aromatic heterocycles. The van der Waals surface area contributed by atoms with Gasteiger partial charge in [-0.2, -0.15) is 0 Å². The van der Waals surface area contributed by atoms with Crippen molar-refractivity contribution in [3.63, 3.8) is 0 Å². The van der Waals surface area contributed by atoms with Gasteiger partial charge in [-0.1, -0.05) is 6.92 Å². The van der Waals surface area contributed by atoms with E-state index in [-0.39, 0.29) is 0 Å². The molecule has 1 atom stereocenters. The maximum atomic E-state index is 10.0. The maximum absolute atomic E-state index is 10.0. The number of rotatable bonds is 3. The van der Waals surface area contributed by atoms with Crippen molar-refractivity contribution in [1.29, 1.82) is 0 Å². The van der Waals surface area contributed by atoms with Crippen LogP contribution in [0.25, 0.3) is 0 Å². The van der Waals surface area contributed by atoms with Gasteiger partial charge in [0.15, 0.2) is 0 Å². The molecule has 0 N–H and O–H groups in total. The second-order valence-corrected chi connectivity index (χ2v) is 3.15. The normalized spacial score (nSPS) is 27.1. The highest BCUT2D eigenvalue weighted by Crippen LogP contribution is 2.14. The molecular weight excluding hydrogens is 126 g/mol. The predicted molar refractivity (Wildman–Crippen MR) is 40.9 cm³/mol. The van der Waals surface area contributed by atoms with Gasteiger partial charge in [0.2, 0.25) is 0 Å². The van der Waals surface area contributed by atoms with Crippen LogP contribution in [0.1, 0.15) is 19.8 Å². The summed E-state index contributed by atoms with van der Waals surface area (Å²) in [5.74, 6) is 0.839. The van der Waals surface area contributed by atoms with Crippen molar-refractivity contribution in [2.45, 2.75) is 19.8 Å². The molecular formula is C8H15NO. The van der Waals surface area contributed by atoms with E-state index in [1.807, 2.05) is 0 Å². The predicted octanol–water partition coefficient (Wildman–Crippen LogP) is 0.917. The van der Waals surface area contributed by atoms with Gasteiger partial charge in [0, 0.05) is 19.5 Å². The van der Waals surface area contributed by atoms with E-state index >= 15 is 0 Å². The lowest BCUT2D eigenvalue weighted by molar-refractivity contribution is -0.108. The summed E-state index contributed by atoms with van der Waals surface area (Å²) in [5, 5.41) is 0. The SMILES string of the molecule is C[C@H]1CCN(CCC=O)C1. The summed E-state index contributed by atoms with van der Waals surface area (Å²) in [6, 6.07) is 0. The molecule has 1 fully saturated rings. The number of hydrogen-bond acceptors (Lipinski definition) is 2. The molecule has 1 aliphatic heterocycles. The van der Waals surface area contributed by atoms with Crippen LogP contribution in [-0.4, -0.2) is 30.8 Å². The van der Waals surface area contributed by atoms with E-state index < -0.39 is 0 Å². The molecule has 0 aromatic rings. The molecule has 0 spiro atoms. The van der Waals surface area contributed by atoms with Crippen LogP contribution in [-0.2, 0) is 4.79 Å². The minimum atomic E-state index is 0.701. The third-order valence-electron chi connectivity index (χ3n) is 2.07. The number of nitrogens with zero attached hydrogens (tertiary/aromatic N) is 1. The average Bonchev–Trinajstić information content (AvgIpc) is 2.31. The quantitative estimate of drug-likeness (QED) is 0.545.